The van der Waals surface area contributed by atoms with E-state index in [1.165, 1.54) is 12.1 Å². The smallest absolute Gasteiger partial charge is 0.308 e. The van der Waals surface area contributed by atoms with E-state index in [9.17, 15) is 28.5 Å². The number of carbonyl (C=O) groups excluding carboxylic acids is 1. The van der Waals surface area contributed by atoms with Crippen molar-refractivity contribution in [3.05, 3.63) is 29.8 Å². The summed E-state index contributed by atoms with van der Waals surface area (Å²) in [7, 11) is -3.75. The molecule has 0 atom stereocenters. The first kappa shape index (κ1) is 37.5. The predicted molar refractivity (Wildman–Crippen MR) is 157 cm³/mol. The number of hydrogen-bond acceptors (Lipinski definition) is 12. The van der Waals surface area contributed by atoms with Gasteiger partial charge in [-0.25, -0.2) is 0 Å². The first-order chi connectivity index (χ1) is 20.3. The summed E-state index contributed by atoms with van der Waals surface area (Å²) in [5.41, 5.74) is -1.43. The van der Waals surface area contributed by atoms with Crippen molar-refractivity contribution in [3.8, 4) is 0 Å². The van der Waals surface area contributed by atoms with Crippen LogP contribution in [0.3, 0.4) is 0 Å². The number of ether oxygens (including phenoxy) is 4. The van der Waals surface area contributed by atoms with E-state index in [0.29, 0.717) is 97.6 Å². The van der Waals surface area contributed by atoms with E-state index in [2.05, 4.69) is 0 Å². The van der Waals surface area contributed by atoms with Gasteiger partial charge in [0.1, 0.15) is 0 Å². The second-order valence-corrected chi connectivity index (χ2v) is 12.9. The van der Waals surface area contributed by atoms with Crippen molar-refractivity contribution in [2.75, 3.05) is 59.5 Å². The van der Waals surface area contributed by atoms with Crippen LogP contribution in [0.25, 0.3) is 0 Å². The number of esters is 1. The van der Waals surface area contributed by atoms with Crippen LogP contribution in [0.2, 0.25) is 0 Å². The summed E-state index contributed by atoms with van der Waals surface area (Å²) in [6.45, 7) is 7.35. The van der Waals surface area contributed by atoms with Gasteiger partial charge in [-0.15, -0.1) is 0 Å². The molecule has 0 saturated carbocycles. The van der Waals surface area contributed by atoms with E-state index in [4.69, 9.17) is 28.2 Å². The van der Waals surface area contributed by atoms with Crippen LogP contribution in [0.4, 0.5) is 0 Å². The molecule has 3 fully saturated rings. The van der Waals surface area contributed by atoms with Gasteiger partial charge in [0.15, 0.2) is 0 Å². The molecule has 0 aliphatic carbocycles. The molecule has 3 aliphatic heterocycles. The molecule has 4 N–H and O–H groups in total. The molecule has 1 aromatic carbocycles. The molecule has 4 rings (SSSR count). The van der Waals surface area contributed by atoms with Crippen molar-refractivity contribution in [1.82, 2.24) is 0 Å². The Bertz CT molecular complexity index is 1020. The van der Waals surface area contributed by atoms with E-state index in [1.807, 2.05) is 6.92 Å². The Kier molecular flexibility index (Phi) is 16.0. The van der Waals surface area contributed by atoms with Crippen LogP contribution in [0.5, 0.6) is 0 Å². The SMILES string of the molecule is CCOC(=O)CC1(O)CCOCC1.Cc1ccc(S(=O)(=O)OCCC2(O)CCOCC2)cc1.OCCC1(O)CCOCC1. The van der Waals surface area contributed by atoms with E-state index in [0.717, 1.165) is 5.56 Å². The summed E-state index contributed by atoms with van der Waals surface area (Å²) in [5.74, 6) is -0.327. The maximum Gasteiger partial charge on any atom is 0.308 e. The quantitative estimate of drug-likeness (QED) is 0.218. The number of aryl methyl sites for hydroxylation is 1. The second-order valence-electron chi connectivity index (χ2n) is 11.3. The van der Waals surface area contributed by atoms with E-state index in [-0.39, 0.29) is 30.5 Å². The lowest BCUT2D eigenvalue weighted by atomic mass is 9.91. The lowest BCUT2D eigenvalue weighted by molar-refractivity contribution is -0.152. The fourth-order valence-corrected chi connectivity index (χ4v) is 5.64. The van der Waals surface area contributed by atoms with Gasteiger partial charge < -0.3 is 39.4 Å². The first-order valence-corrected chi connectivity index (χ1v) is 16.4. The third kappa shape index (κ3) is 14.3. The Morgan fingerprint density at radius 1 is 0.791 bits per heavy atom. The van der Waals surface area contributed by atoms with Crippen molar-refractivity contribution in [2.24, 2.45) is 0 Å². The standard InChI is InChI=1S/C14H20O5S.C9H16O4.C7H14O3/c1-12-2-4-13(5-3-12)20(16,17)19-11-8-14(15)6-9-18-10-7-14;1-2-13-8(10)7-9(11)3-5-12-6-4-9;8-4-1-7(9)2-5-10-6-3-7/h2-5,15H,6-11H2,1H3;11H,2-7H2,1H3;8-9H,1-6H2. The zero-order chi connectivity index (χ0) is 31.8. The zero-order valence-corrected chi connectivity index (χ0v) is 26.3. The van der Waals surface area contributed by atoms with Gasteiger partial charge in [0.05, 0.1) is 41.3 Å². The van der Waals surface area contributed by atoms with Gasteiger partial charge in [-0.1, -0.05) is 17.7 Å². The highest BCUT2D eigenvalue weighted by molar-refractivity contribution is 7.86. The third-order valence-electron chi connectivity index (χ3n) is 7.74. The van der Waals surface area contributed by atoms with Crippen molar-refractivity contribution in [3.63, 3.8) is 0 Å². The van der Waals surface area contributed by atoms with Crippen LogP contribution in [0, 0.1) is 6.92 Å². The summed E-state index contributed by atoms with van der Waals surface area (Å²) in [6.07, 6.45) is 4.25. The van der Waals surface area contributed by atoms with Crippen molar-refractivity contribution < 1.29 is 56.8 Å². The second kappa shape index (κ2) is 18.3. The van der Waals surface area contributed by atoms with Gasteiger partial charge in [-0.05, 0) is 58.1 Å². The van der Waals surface area contributed by atoms with Crippen LogP contribution in [0.1, 0.15) is 70.3 Å². The van der Waals surface area contributed by atoms with Crippen LogP contribution in [0.15, 0.2) is 29.2 Å². The molecule has 43 heavy (non-hydrogen) atoms. The Labute approximate surface area is 255 Å². The van der Waals surface area contributed by atoms with Gasteiger partial charge in [0.25, 0.3) is 10.1 Å². The summed E-state index contributed by atoms with van der Waals surface area (Å²) in [5, 5.41) is 38.3. The van der Waals surface area contributed by atoms with Gasteiger partial charge in [0, 0.05) is 65.5 Å². The van der Waals surface area contributed by atoms with E-state index >= 15 is 0 Å². The predicted octanol–water partition coefficient (Wildman–Crippen LogP) is 2.02. The maximum absolute atomic E-state index is 12.0. The number of aliphatic hydroxyl groups is 4. The fourth-order valence-electron chi connectivity index (χ4n) is 4.73. The Hall–Kier alpha value is -1.68. The molecule has 3 saturated heterocycles. The van der Waals surface area contributed by atoms with E-state index in [1.54, 1.807) is 19.1 Å². The number of benzene rings is 1. The van der Waals surface area contributed by atoms with Crippen molar-refractivity contribution >= 4 is 16.1 Å². The van der Waals surface area contributed by atoms with Crippen LogP contribution >= 0.6 is 0 Å². The Morgan fingerprint density at radius 2 is 1.23 bits per heavy atom. The molecule has 0 unspecified atom stereocenters. The minimum absolute atomic E-state index is 0.0211. The molecule has 3 heterocycles. The lowest BCUT2D eigenvalue weighted by Gasteiger charge is -2.31. The summed E-state index contributed by atoms with van der Waals surface area (Å²) in [6, 6.07) is 6.49. The van der Waals surface area contributed by atoms with Gasteiger partial charge in [-0.2, -0.15) is 8.42 Å². The zero-order valence-electron chi connectivity index (χ0n) is 25.5. The summed E-state index contributed by atoms with van der Waals surface area (Å²) in [4.78, 5) is 11.2. The Morgan fingerprint density at radius 3 is 1.67 bits per heavy atom. The normalized spacial score (nSPS) is 20.9. The molecule has 0 spiro atoms. The molecule has 0 radical (unpaired) electrons. The minimum atomic E-state index is -3.75. The monoisotopic (exact) mass is 634 g/mol. The Balaban J connectivity index is 0.000000242. The lowest BCUT2D eigenvalue weighted by Crippen LogP contribution is -2.38. The molecule has 0 bridgehead atoms. The summed E-state index contributed by atoms with van der Waals surface area (Å²) < 4.78 is 49.0. The highest BCUT2D eigenvalue weighted by atomic mass is 32.2. The molecule has 3 aliphatic rings. The van der Waals surface area contributed by atoms with Crippen LogP contribution in [-0.4, -0.2) is 111 Å². The van der Waals surface area contributed by atoms with Crippen molar-refractivity contribution in [1.29, 1.82) is 0 Å². The molecule has 0 aromatic heterocycles. The molecular weight excluding hydrogens is 584 g/mol. The highest BCUT2D eigenvalue weighted by Crippen LogP contribution is 2.26. The average molecular weight is 635 g/mol. The van der Waals surface area contributed by atoms with Crippen LogP contribution in [-0.2, 0) is 38.0 Å². The number of aliphatic hydroxyl groups excluding tert-OH is 1. The number of hydrogen-bond donors (Lipinski definition) is 4. The maximum atomic E-state index is 12.0. The van der Waals surface area contributed by atoms with Crippen molar-refractivity contribution in [2.45, 2.75) is 93.3 Å². The number of carbonyl (C=O) groups is 1. The molecular formula is C30H50O12S. The average Bonchev–Trinajstić information content (AvgIpc) is 2.95. The number of rotatable bonds is 10. The van der Waals surface area contributed by atoms with E-state index < -0.39 is 26.9 Å². The van der Waals surface area contributed by atoms with Gasteiger partial charge in [-0.3, -0.25) is 8.98 Å². The fraction of sp³-hybridized carbons (Fsp3) is 0.767. The molecule has 13 heteroatoms. The van der Waals surface area contributed by atoms with Gasteiger partial charge in [0.2, 0.25) is 0 Å². The molecule has 248 valence electrons. The van der Waals surface area contributed by atoms with Crippen LogP contribution < -0.4 is 0 Å². The first-order valence-electron chi connectivity index (χ1n) is 15.0. The molecule has 1 aromatic rings. The largest absolute Gasteiger partial charge is 0.466 e. The third-order valence-corrected chi connectivity index (χ3v) is 9.07. The molecule has 12 nitrogen and oxygen atoms in total. The highest BCUT2D eigenvalue weighted by Gasteiger charge is 2.33. The molecule has 0 amide bonds. The van der Waals surface area contributed by atoms with Gasteiger partial charge >= 0.3 is 5.97 Å². The minimum Gasteiger partial charge on any atom is -0.466 e. The summed E-state index contributed by atoms with van der Waals surface area (Å²) >= 11 is 0. The topological polar surface area (TPSA) is 178 Å².